The molecule has 1 aromatic carbocycles. The van der Waals surface area contributed by atoms with Gasteiger partial charge in [0.2, 0.25) is 0 Å². The van der Waals surface area contributed by atoms with E-state index in [4.69, 9.17) is 4.74 Å². The van der Waals surface area contributed by atoms with Crippen molar-refractivity contribution in [1.82, 2.24) is 25.5 Å². The lowest BCUT2D eigenvalue weighted by atomic mass is 9.80. The van der Waals surface area contributed by atoms with Crippen LogP contribution in [0.2, 0.25) is 0 Å². The van der Waals surface area contributed by atoms with Gasteiger partial charge in [-0.3, -0.25) is 0 Å². The number of aromatic nitrogens is 4. The smallest absolute Gasteiger partial charge is 0.176 e. The summed E-state index contributed by atoms with van der Waals surface area (Å²) in [4.78, 5) is 0. The lowest BCUT2D eigenvalue weighted by Gasteiger charge is -2.43. The van der Waals surface area contributed by atoms with Crippen LogP contribution in [0.25, 0.3) is 5.69 Å². The number of hydrogen-bond donors (Lipinski definition) is 1. The van der Waals surface area contributed by atoms with Crippen molar-refractivity contribution in [2.75, 3.05) is 13.7 Å². The van der Waals surface area contributed by atoms with Gasteiger partial charge in [0, 0.05) is 13.0 Å². The van der Waals surface area contributed by atoms with Crippen LogP contribution in [0, 0.1) is 13.8 Å². The van der Waals surface area contributed by atoms with Crippen LogP contribution in [0.3, 0.4) is 0 Å². The minimum atomic E-state index is -0.292. The Balaban J connectivity index is 2.13. The second-order valence-electron chi connectivity index (χ2n) is 7.02. The van der Waals surface area contributed by atoms with Crippen molar-refractivity contribution in [2.45, 2.75) is 51.7 Å². The maximum absolute atomic E-state index is 5.90. The van der Waals surface area contributed by atoms with E-state index in [9.17, 15) is 0 Å². The number of tetrazole rings is 1. The molecule has 0 radical (unpaired) electrons. The Bertz CT molecular complexity index is 689. The van der Waals surface area contributed by atoms with Crippen LogP contribution in [-0.2, 0) is 10.3 Å². The summed E-state index contributed by atoms with van der Waals surface area (Å²) in [6.07, 6.45) is 1.67. The van der Waals surface area contributed by atoms with Crippen LogP contribution in [0.4, 0.5) is 0 Å². The van der Waals surface area contributed by atoms with Crippen molar-refractivity contribution in [3.05, 3.63) is 35.2 Å². The van der Waals surface area contributed by atoms with Gasteiger partial charge < -0.3 is 10.1 Å². The standard InChI is InChI=1S/C17H25N5O/c1-12-7-6-8-13(2)14(12)22-15(19-20-21-22)17(18-5)9-10-23-16(3,4)11-17/h6-8,18H,9-11H2,1-5H3/t17-/m0/s1. The van der Waals surface area contributed by atoms with Gasteiger partial charge in [0.15, 0.2) is 5.82 Å². The summed E-state index contributed by atoms with van der Waals surface area (Å²) in [5.41, 5.74) is 2.89. The molecule has 0 bridgehead atoms. The van der Waals surface area contributed by atoms with Gasteiger partial charge in [0.25, 0.3) is 0 Å². The molecule has 23 heavy (non-hydrogen) atoms. The van der Waals surface area contributed by atoms with E-state index in [-0.39, 0.29) is 11.1 Å². The Morgan fingerprint density at radius 2 is 1.91 bits per heavy atom. The molecule has 6 heteroatoms. The molecular formula is C17H25N5O. The van der Waals surface area contributed by atoms with Crippen LogP contribution in [-0.4, -0.2) is 39.5 Å². The summed E-state index contributed by atoms with van der Waals surface area (Å²) in [6, 6.07) is 6.24. The molecule has 1 aromatic heterocycles. The molecule has 1 fully saturated rings. The summed E-state index contributed by atoms with van der Waals surface area (Å²) < 4.78 is 7.79. The highest BCUT2D eigenvalue weighted by Crippen LogP contribution is 2.39. The van der Waals surface area contributed by atoms with E-state index in [0.717, 1.165) is 35.5 Å². The number of hydrogen-bond acceptors (Lipinski definition) is 5. The van der Waals surface area contributed by atoms with E-state index in [1.807, 2.05) is 11.7 Å². The van der Waals surface area contributed by atoms with Crippen LogP contribution in [0.5, 0.6) is 0 Å². The van der Waals surface area contributed by atoms with Crippen molar-refractivity contribution in [2.24, 2.45) is 0 Å². The fourth-order valence-corrected chi connectivity index (χ4v) is 3.66. The second kappa shape index (κ2) is 5.69. The summed E-state index contributed by atoms with van der Waals surface area (Å²) in [5, 5.41) is 16.1. The Kier molecular flexibility index (Phi) is 3.98. The fraction of sp³-hybridized carbons (Fsp3) is 0.588. The van der Waals surface area contributed by atoms with Gasteiger partial charge in [0.05, 0.1) is 16.8 Å². The summed E-state index contributed by atoms with van der Waals surface area (Å²) in [5.74, 6) is 0.855. The topological polar surface area (TPSA) is 64.9 Å². The van der Waals surface area contributed by atoms with Crippen molar-refractivity contribution in [3.63, 3.8) is 0 Å². The molecule has 1 aliphatic rings. The molecule has 0 aliphatic carbocycles. The molecule has 1 atom stereocenters. The van der Waals surface area contributed by atoms with E-state index in [0.29, 0.717) is 6.61 Å². The number of nitrogens with zero attached hydrogens (tertiary/aromatic N) is 4. The highest BCUT2D eigenvalue weighted by atomic mass is 16.5. The maximum Gasteiger partial charge on any atom is 0.176 e. The number of rotatable bonds is 3. The first-order valence-corrected chi connectivity index (χ1v) is 8.07. The fourth-order valence-electron chi connectivity index (χ4n) is 3.66. The van der Waals surface area contributed by atoms with Gasteiger partial charge >= 0.3 is 0 Å². The van der Waals surface area contributed by atoms with Gasteiger partial charge in [-0.1, -0.05) is 18.2 Å². The average Bonchev–Trinajstić information content (AvgIpc) is 2.95. The first kappa shape index (κ1) is 16.1. The first-order valence-electron chi connectivity index (χ1n) is 8.07. The minimum Gasteiger partial charge on any atom is -0.375 e. The molecule has 0 spiro atoms. The number of nitrogens with one attached hydrogen (secondary N) is 1. The third-order valence-electron chi connectivity index (χ3n) is 4.78. The normalized spacial score (nSPS) is 23.9. The Morgan fingerprint density at radius 1 is 1.22 bits per heavy atom. The summed E-state index contributed by atoms with van der Waals surface area (Å²) in [6.45, 7) is 9.10. The zero-order valence-electron chi connectivity index (χ0n) is 14.6. The predicted octanol–water partition coefficient (Wildman–Crippen LogP) is 2.28. The molecule has 3 rings (SSSR count). The van der Waals surface area contributed by atoms with Gasteiger partial charge in [0.1, 0.15) is 0 Å². The van der Waals surface area contributed by atoms with Crippen molar-refractivity contribution >= 4 is 0 Å². The van der Waals surface area contributed by atoms with E-state index >= 15 is 0 Å². The molecule has 0 saturated carbocycles. The van der Waals surface area contributed by atoms with Crippen LogP contribution in [0.15, 0.2) is 18.2 Å². The zero-order chi connectivity index (χ0) is 16.7. The van der Waals surface area contributed by atoms with Crippen LogP contribution >= 0.6 is 0 Å². The summed E-state index contributed by atoms with van der Waals surface area (Å²) >= 11 is 0. The largest absolute Gasteiger partial charge is 0.375 e. The third-order valence-corrected chi connectivity index (χ3v) is 4.78. The van der Waals surface area contributed by atoms with E-state index in [1.54, 1.807) is 0 Å². The monoisotopic (exact) mass is 315 g/mol. The van der Waals surface area contributed by atoms with Gasteiger partial charge in [-0.25, -0.2) is 0 Å². The molecule has 2 heterocycles. The lowest BCUT2D eigenvalue weighted by Crippen LogP contribution is -2.52. The molecule has 0 amide bonds. The molecular weight excluding hydrogens is 290 g/mol. The van der Waals surface area contributed by atoms with Gasteiger partial charge in [-0.05, 0) is 62.7 Å². The van der Waals surface area contributed by atoms with Gasteiger partial charge in [-0.2, -0.15) is 4.68 Å². The van der Waals surface area contributed by atoms with E-state index < -0.39 is 0 Å². The van der Waals surface area contributed by atoms with Crippen LogP contribution in [0.1, 0.15) is 43.6 Å². The lowest BCUT2D eigenvalue weighted by molar-refractivity contribution is -0.0906. The highest BCUT2D eigenvalue weighted by molar-refractivity contribution is 5.47. The Morgan fingerprint density at radius 3 is 2.52 bits per heavy atom. The highest BCUT2D eigenvalue weighted by Gasteiger charge is 2.45. The molecule has 6 nitrogen and oxygen atoms in total. The van der Waals surface area contributed by atoms with E-state index in [1.165, 1.54) is 0 Å². The first-order chi connectivity index (χ1) is 10.9. The SMILES string of the molecule is CN[C@@]1(c2nnnn2-c2c(C)cccc2C)CCOC(C)(C)C1. The third kappa shape index (κ3) is 2.77. The van der Waals surface area contributed by atoms with Gasteiger partial charge in [-0.15, -0.1) is 5.10 Å². The number of ether oxygens (including phenoxy) is 1. The molecule has 1 aliphatic heterocycles. The number of benzene rings is 1. The van der Waals surface area contributed by atoms with E-state index in [2.05, 4.69) is 66.7 Å². The maximum atomic E-state index is 5.90. The second-order valence-corrected chi connectivity index (χ2v) is 7.02. The molecule has 0 unspecified atom stereocenters. The average molecular weight is 315 g/mol. The number of para-hydroxylation sites is 1. The van der Waals surface area contributed by atoms with Crippen molar-refractivity contribution in [1.29, 1.82) is 0 Å². The molecule has 1 N–H and O–H groups in total. The number of aryl methyl sites for hydroxylation is 2. The molecule has 124 valence electrons. The quantitative estimate of drug-likeness (QED) is 0.941. The van der Waals surface area contributed by atoms with Crippen molar-refractivity contribution in [3.8, 4) is 5.69 Å². The Labute approximate surface area is 137 Å². The predicted molar refractivity (Wildman–Crippen MR) is 88.6 cm³/mol. The Hall–Kier alpha value is -1.79. The van der Waals surface area contributed by atoms with Crippen molar-refractivity contribution < 1.29 is 4.74 Å². The molecule has 2 aromatic rings. The minimum absolute atomic E-state index is 0.210. The zero-order valence-corrected chi connectivity index (χ0v) is 14.6. The summed E-state index contributed by atoms with van der Waals surface area (Å²) in [7, 11) is 1.98. The molecule has 1 saturated heterocycles. The van der Waals surface area contributed by atoms with Crippen LogP contribution < -0.4 is 5.32 Å².